The third-order valence-electron chi connectivity index (χ3n) is 14.3. The topological polar surface area (TPSA) is 23.0 Å². The van der Waals surface area contributed by atoms with Crippen LogP contribution >= 0.6 is 11.3 Å². The summed E-state index contributed by atoms with van der Waals surface area (Å²) in [6.45, 7) is 0. The van der Waals surface area contributed by atoms with Crippen molar-refractivity contribution >= 4 is 108 Å². The van der Waals surface area contributed by atoms with Crippen molar-refractivity contribution in [2.24, 2.45) is 0 Å². The SMILES string of the molecule is c1ccc(-c2ccc(-n3c4ccc(-c5cccc6oc7ccc(-c8cccc9c8c8c%10ccccc%10ccc8n9-c8ccccc8)cc7c56)cc4c4ccc5c6ccccc6sc5c43)cc2)cc1. The summed E-state index contributed by atoms with van der Waals surface area (Å²) in [7, 11) is 0. The minimum atomic E-state index is 0.879. The summed E-state index contributed by atoms with van der Waals surface area (Å²) in [6.07, 6.45) is 0. The predicted molar refractivity (Wildman–Crippen MR) is 289 cm³/mol. The molecule has 0 unspecified atom stereocenters. The molecule has 15 aromatic rings. The molecule has 3 nitrogen and oxygen atoms in total. The Morgan fingerprint density at radius 2 is 0.956 bits per heavy atom. The van der Waals surface area contributed by atoms with Gasteiger partial charge in [-0.25, -0.2) is 0 Å². The Morgan fingerprint density at radius 1 is 0.324 bits per heavy atom. The molecule has 0 bridgehead atoms. The van der Waals surface area contributed by atoms with Gasteiger partial charge in [0.25, 0.3) is 0 Å². The zero-order chi connectivity index (χ0) is 44.5. The van der Waals surface area contributed by atoms with Gasteiger partial charge in [-0.3, -0.25) is 0 Å². The van der Waals surface area contributed by atoms with E-state index in [1.165, 1.54) is 91.2 Å². The van der Waals surface area contributed by atoms with Crippen LogP contribution in [0.3, 0.4) is 0 Å². The fourth-order valence-corrected chi connectivity index (χ4v) is 12.5. The summed E-state index contributed by atoms with van der Waals surface area (Å²) in [5.74, 6) is 0. The van der Waals surface area contributed by atoms with Crippen molar-refractivity contribution in [1.82, 2.24) is 9.13 Å². The molecule has 68 heavy (non-hydrogen) atoms. The van der Waals surface area contributed by atoms with E-state index in [-0.39, 0.29) is 0 Å². The number of nitrogens with zero attached hydrogens (tertiary/aromatic N) is 2. The number of thiophene rings is 1. The lowest BCUT2D eigenvalue weighted by atomic mass is 9.94. The number of para-hydroxylation sites is 1. The fraction of sp³-hybridized carbons (Fsp3) is 0. The standard InChI is InChI=1S/C64H38N2OS/c1-3-13-39(14-4-1)40-25-30-45(31-26-40)66-54-34-28-42(37-52(54)50-32-33-51-49-19-9-10-24-59(49)68-64(51)63(50)66)47-21-12-23-58-60(47)53-38-43(29-36-57(53)67-58)48-20-11-22-55-62(48)61-46-18-8-7-15-41(46)27-35-56(61)65(55)44-16-5-2-6-17-44/h1-38H. The lowest BCUT2D eigenvalue weighted by Gasteiger charge is -2.11. The molecule has 316 valence electrons. The van der Waals surface area contributed by atoms with E-state index in [1.807, 2.05) is 11.3 Å². The van der Waals surface area contributed by atoms with Crippen molar-refractivity contribution in [2.45, 2.75) is 0 Å². The maximum atomic E-state index is 6.71. The van der Waals surface area contributed by atoms with Gasteiger partial charge in [0.1, 0.15) is 11.2 Å². The van der Waals surface area contributed by atoms with Gasteiger partial charge in [0.05, 0.1) is 26.8 Å². The van der Waals surface area contributed by atoms with E-state index in [0.717, 1.165) is 50.0 Å². The van der Waals surface area contributed by atoms with Crippen molar-refractivity contribution in [1.29, 1.82) is 0 Å². The second kappa shape index (κ2) is 14.4. The van der Waals surface area contributed by atoms with Crippen LogP contribution in [-0.4, -0.2) is 9.13 Å². The zero-order valence-corrected chi connectivity index (χ0v) is 37.5. The molecule has 15 rings (SSSR count). The van der Waals surface area contributed by atoms with Gasteiger partial charge in [-0.1, -0.05) is 158 Å². The van der Waals surface area contributed by atoms with Crippen LogP contribution in [0.1, 0.15) is 0 Å². The van der Waals surface area contributed by atoms with Gasteiger partial charge >= 0.3 is 0 Å². The van der Waals surface area contributed by atoms with E-state index in [9.17, 15) is 0 Å². The number of furan rings is 1. The first-order valence-electron chi connectivity index (χ1n) is 23.2. The van der Waals surface area contributed by atoms with Crippen molar-refractivity contribution in [2.75, 3.05) is 0 Å². The molecule has 4 heteroatoms. The number of hydrogen-bond donors (Lipinski definition) is 0. The first-order chi connectivity index (χ1) is 33.7. The highest BCUT2D eigenvalue weighted by molar-refractivity contribution is 7.26. The Labute approximate surface area is 394 Å². The molecule has 0 N–H and O–H groups in total. The first-order valence-corrected chi connectivity index (χ1v) is 24.1. The second-order valence-corrected chi connectivity index (χ2v) is 19.0. The molecule has 0 aliphatic heterocycles. The molecule has 0 radical (unpaired) electrons. The van der Waals surface area contributed by atoms with E-state index < -0.39 is 0 Å². The fourth-order valence-electron chi connectivity index (χ4n) is 11.3. The molecular weight excluding hydrogens is 845 g/mol. The van der Waals surface area contributed by atoms with Crippen LogP contribution in [0.15, 0.2) is 235 Å². The highest BCUT2D eigenvalue weighted by atomic mass is 32.1. The third kappa shape index (κ3) is 5.41. The summed E-state index contributed by atoms with van der Waals surface area (Å²) < 4.78 is 14.2. The maximum absolute atomic E-state index is 6.71. The lowest BCUT2D eigenvalue weighted by molar-refractivity contribution is 0.669. The largest absolute Gasteiger partial charge is 0.456 e. The minimum Gasteiger partial charge on any atom is -0.456 e. The maximum Gasteiger partial charge on any atom is 0.136 e. The zero-order valence-electron chi connectivity index (χ0n) is 36.7. The normalized spacial score (nSPS) is 12.1. The molecule has 4 heterocycles. The number of fused-ring (bicyclic) bond motifs is 15. The molecule has 0 aliphatic rings. The van der Waals surface area contributed by atoms with E-state index >= 15 is 0 Å². The summed E-state index contributed by atoms with van der Waals surface area (Å²) in [4.78, 5) is 0. The van der Waals surface area contributed by atoms with E-state index in [4.69, 9.17) is 4.42 Å². The second-order valence-electron chi connectivity index (χ2n) is 18.0. The molecule has 11 aromatic carbocycles. The Hall–Kier alpha value is -8.70. The van der Waals surface area contributed by atoms with E-state index in [1.54, 1.807) is 0 Å². The number of hydrogen-bond acceptors (Lipinski definition) is 2. The van der Waals surface area contributed by atoms with Crippen LogP contribution in [0.25, 0.3) is 141 Å². The number of rotatable bonds is 5. The van der Waals surface area contributed by atoms with Gasteiger partial charge in [0.2, 0.25) is 0 Å². The van der Waals surface area contributed by atoms with Crippen LogP contribution in [0.2, 0.25) is 0 Å². The molecule has 0 fully saturated rings. The average Bonchev–Trinajstić information content (AvgIpc) is 4.17. The molecule has 0 spiro atoms. The van der Waals surface area contributed by atoms with Crippen molar-refractivity contribution in [3.63, 3.8) is 0 Å². The highest BCUT2D eigenvalue weighted by Gasteiger charge is 2.22. The summed E-state index contributed by atoms with van der Waals surface area (Å²) in [6, 6.07) is 84.3. The quantitative estimate of drug-likeness (QED) is 0.169. The van der Waals surface area contributed by atoms with E-state index in [2.05, 4.69) is 240 Å². The monoisotopic (exact) mass is 882 g/mol. The van der Waals surface area contributed by atoms with Crippen molar-refractivity contribution < 1.29 is 4.42 Å². The van der Waals surface area contributed by atoms with Crippen LogP contribution in [0, 0.1) is 0 Å². The predicted octanol–water partition coefficient (Wildman–Crippen LogP) is 18.3. The van der Waals surface area contributed by atoms with Gasteiger partial charge in [-0.15, -0.1) is 11.3 Å². The Balaban J connectivity index is 0.949. The van der Waals surface area contributed by atoms with Gasteiger partial charge in [0.15, 0.2) is 0 Å². The summed E-state index contributed by atoms with van der Waals surface area (Å²) >= 11 is 1.89. The summed E-state index contributed by atoms with van der Waals surface area (Å²) in [5, 5.41) is 12.3. The van der Waals surface area contributed by atoms with Crippen LogP contribution in [0.5, 0.6) is 0 Å². The molecule has 0 saturated carbocycles. The van der Waals surface area contributed by atoms with Gasteiger partial charge in [-0.2, -0.15) is 0 Å². The van der Waals surface area contributed by atoms with Gasteiger partial charge < -0.3 is 13.6 Å². The number of benzene rings is 11. The Kier molecular flexibility index (Phi) is 7.94. The molecule has 0 aliphatic carbocycles. The van der Waals surface area contributed by atoms with Gasteiger partial charge in [-0.05, 0) is 117 Å². The average molecular weight is 883 g/mol. The first kappa shape index (κ1) is 37.5. The number of aromatic nitrogens is 2. The van der Waals surface area contributed by atoms with Gasteiger partial charge in [0, 0.05) is 59.2 Å². The minimum absolute atomic E-state index is 0.879. The molecule has 4 aromatic heterocycles. The highest BCUT2D eigenvalue weighted by Crippen LogP contribution is 2.47. The Bertz CT molecular complexity index is 4530. The van der Waals surface area contributed by atoms with Crippen molar-refractivity contribution in [3.05, 3.63) is 231 Å². The summed E-state index contributed by atoms with van der Waals surface area (Å²) in [5.41, 5.74) is 16.0. The smallest absolute Gasteiger partial charge is 0.136 e. The van der Waals surface area contributed by atoms with E-state index in [0.29, 0.717) is 0 Å². The van der Waals surface area contributed by atoms with Crippen LogP contribution < -0.4 is 0 Å². The third-order valence-corrected chi connectivity index (χ3v) is 15.5. The molecule has 0 atom stereocenters. The molecule has 0 saturated heterocycles. The van der Waals surface area contributed by atoms with Crippen molar-refractivity contribution in [3.8, 4) is 44.8 Å². The molecular formula is C64H38N2OS. The van der Waals surface area contributed by atoms with Crippen LogP contribution in [0.4, 0.5) is 0 Å². The Morgan fingerprint density at radius 3 is 1.81 bits per heavy atom. The van der Waals surface area contributed by atoms with Crippen LogP contribution in [-0.2, 0) is 0 Å². The molecule has 0 amide bonds. The lowest BCUT2D eigenvalue weighted by Crippen LogP contribution is -1.94.